The van der Waals surface area contributed by atoms with Gasteiger partial charge in [0.2, 0.25) is 0 Å². The number of hydrogen-bond acceptors (Lipinski definition) is 3. The summed E-state index contributed by atoms with van der Waals surface area (Å²) in [5, 5.41) is 3.99. The second kappa shape index (κ2) is 11.1. The summed E-state index contributed by atoms with van der Waals surface area (Å²) in [6.45, 7) is 4.48. The average Bonchev–Trinajstić information content (AvgIpc) is 2.85. The number of nitrogens with one attached hydrogen (secondary N) is 1. The predicted molar refractivity (Wildman–Crippen MR) is 146 cm³/mol. The first-order valence-electron chi connectivity index (χ1n) is 11.5. The van der Waals surface area contributed by atoms with Crippen LogP contribution in [0.15, 0.2) is 82.1 Å². The summed E-state index contributed by atoms with van der Waals surface area (Å²) in [5.74, 6) is 0.470. The second-order valence-electron chi connectivity index (χ2n) is 8.27. The molecule has 2 amide bonds. The lowest BCUT2D eigenvalue weighted by Crippen LogP contribution is -2.40. The topological polar surface area (TPSA) is 67.2 Å². The van der Waals surface area contributed by atoms with Crippen molar-refractivity contribution in [2.45, 2.75) is 32.7 Å². The van der Waals surface area contributed by atoms with Crippen LogP contribution in [0.2, 0.25) is 5.02 Å². The number of unbranched alkanes of at least 4 members (excludes halogenated alkanes) is 1. The molecular formula is C27H26BrClN4O2. The maximum absolute atomic E-state index is 13.7. The van der Waals surface area contributed by atoms with Crippen LogP contribution in [-0.4, -0.2) is 27.0 Å². The second-order valence-corrected chi connectivity index (χ2v) is 9.62. The van der Waals surface area contributed by atoms with Gasteiger partial charge in [0.25, 0.3) is 5.56 Å². The Balaban J connectivity index is 1.82. The smallest absolute Gasteiger partial charge is 0.315 e. The van der Waals surface area contributed by atoms with Gasteiger partial charge in [-0.15, -0.1) is 0 Å². The third kappa shape index (κ3) is 5.57. The zero-order chi connectivity index (χ0) is 24.9. The quantitative estimate of drug-likeness (QED) is 0.263. The molecule has 35 heavy (non-hydrogen) atoms. The van der Waals surface area contributed by atoms with Crippen LogP contribution in [0.5, 0.6) is 0 Å². The number of carbonyl (C=O) groups excluding carboxylic acids is 1. The molecule has 3 aromatic carbocycles. The van der Waals surface area contributed by atoms with Crippen molar-refractivity contribution in [1.82, 2.24) is 14.5 Å². The average molecular weight is 554 g/mol. The Morgan fingerprint density at radius 2 is 1.86 bits per heavy atom. The molecule has 4 rings (SSSR count). The highest BCUT2D eigenvalue weighted by molar-refractivity contribution is 9.10. The summed E-state index contributed by atoms with van der Waals surface area (Å²) >= 11 is 9.68. The molecule has 4 aromatic rings. The molecule has 0 saturated carbocycles. The lowest BCUT2D eigenvalue weighted by molar-refractivity contribution is 0.188. The number of amides is 2. The first kappa shape index (κ1) is 24.9. The minimum atomic E-state index is -0.492. The molecular weight excluding hydrogens is 528 g/mol. The number of carbonyl (C=O) groups is 1. The van der Waals surface area contributed by atoms with Crippen LogP contribution in [0.25, 0.3) is 16.6 Å². The van der Waals surface area contributed by atoms with Gasteiger partial charge in [-0.25, -0.2) is 9.78 Å². The molecule has 0 aliphatic carbocycles. The van der Waals surface area contributed by atoms with Gasteiger partial charge < -0.3 is 10.2 Å². The van der Waals surface area contributed by atoms with E-state index in [2.05, 4.69) is 28.2 Å². The molecule has 0 bridgehead atoms. The number of urea groups is 1. The van der Waals surface area contributed by atoms with Gasteiger partial charge in [0.1, 0.15) is 5.82 Å². The SMILES string of the molecule is CCCCN(C(=O)Nc1ccc(Br)cc1)C(C)c1nc2ccccc2c(=O)n1-c1cccc(Cl)c1. The van der Waals surface area contributed by atoms with E-state index in [1.807, 2.05) is 55.5 Å². The van der Waals surface area contributed by atoms with Gasteiger partial charge in [0, 0.05) is 21.7 Å². The van der Waals surface area contributed by atoms with Crippen LogP contribution in [0.1, 0.15) is 38.6 Å². The molecule has 180 valence electrons. The summed E-state index contributed by atoms with van der Waals surface area (Å²) < 4.78 is 2.49. The number of hydrogen-bond donors (Lipinski definition) is 1. The zero-order valence-electron chi connectivity index (χ0n) is 19.5. The maximum Gasteiger partial charge on any atom is 0.322 e. The Hall–Kier alpha value is -3.16. The number of para-hydroxylation sites is 1. The van der Waals surface area contributed by atoms with E-state index in [4.69, 9.17) is 16.6 Å². The highest BCUT2D eigenvalue weighted by Crippen LogP contribution is 2.25. The predicted octanol–water partition coefficient (Wildman–Crippen LogP) is 7.20. The van der Waals surface area contributed by atoms with Crippen molar-refractivity contribution in [3.8, 4) is 5.69 Å². The van der Waals surface area contributed by atoms with Crippen LogP contribution < -0.4 is 10.9 Å². The highest BCUT2D eigenvalue weighted by atomic mass is 79.9. The molecule has 8 heteroatoms. The number of halogens is 2. The molecule has 0 saturated heterocycles. The molecule has 1 atom stereocenters. The molecule has 1 aromatic heterocycles. The van der Waals surface area contributed by atoms with Gasteiger partial charge in [-0.3, -0.25) is 9.36 Å². The van der Waals surface area contributed by atoms with Crippen molar-refractivity contribution < 1.29 is 4.79 Å². The van der Waals surface area contributed by atoms with Crippen molar-refractivity contribution >= 4 is 50.2 Å². The van der Waals surface area contributed by atoms with Crippen molar-refractivity contribution in [1.29, 1.82) is 0 Å². The molecule has 1 heterocycles. The number of aromatic nitrogens is 2. The minimum absolute atomic E-state index is 0.205. The number of anilines is 1. The van der Waals surface area contributed by atoms with Gasteiger partial charge in [-0.1, -0.05) is 59.1 Å². The summed E-state index contributed by atoms with van der Waals surface area (Å²) in [5.41, 5.74) is 1.67. The van der Waals surface area contributed by atoms with Crippen LogP contribution in [0.4, 0.5) is 10.5 Å². The van der Waals surface area contributed by atoms with Crippen molar-refractivity contribution in [3.63, 3.8) is 0 Å². The Labute approximate surface area is 217 Å². The maximum atomic E-state index is 13.7. The molecule has 0 aliphatic rings. The van der Waals surface area contributed by atoms with E-state index in [1.165, 1.54) is 0 Å². The van der Waals surface area contributed by atoms with E-state index in [-0.39, 0.29) is 11.6 Å². The van der Waals surface area contributed by atoms with E-state index in [1.54, 1.807) is 33.7 Å². The van der Waals surface area contributed by atoms with Gasteiger partial charge in [-0.2, -0.15) is 0 Å². The molecule has 0 radical (unpaired) electrons. The van der Waals surface area contributed by atoms with Crippen LogP contribution in [-0.2, 0) is 0 Å². The van der Waals surface area contributed by atoms with Gasteiger partial charge in [0.15, 0.2) is 0 Å². The fourth-order valence-corrected chi connectivity index (χ4v) is 4.41. The van der Waals surface area contributed by atoms with Crippen molar-refractivity contribution in [3.05, 3.63) is 98.5 Å². The lowest BCUT2D eigenvalue weighted by Gasteiger charge is -2.30. The molecule has 1 N–H and O–H groups in total. The van der Waals surface area contributed by atoms with Crippen molar-refractivity contribution in [2.24, 2.45) is 0 Å². The van der Waals surface area contributed by atoms with E-state index >= 15 is 0 Å². The van der Waals surface area contributed by atoms with Gasteiger partial charge in [-0.05, 0) is 67.9 Å². The third-order valence-corrected chi connectivity index (χ3v) is 6.58. The largest absolute Gasteiger partial charge is 0.322 e. The first-order valence-corrected chi connectivity index (χ1v) is 12.7. The minimum Gasteiger partial charge on any atom is -0.315 e. The Morgan fingerprint density at radius 3 is 2.57 bits per heavy atom. The molecule has 6 nitrogen and oxygen atoms in total. The number of benzene rings is 3. The number of rotatable bonds is 7. The Kier molecular flexibility index (Phi) is 7.88. The standard InChI is InChI=1S/C27H26BrClN4O2/c1-3-4-16-32(27(35)30-21-14-12-19(28)13-15-21)18(2)25-31-24-11-6-5-10-23(24)26(34)33(25)22-9-7-8-20(29)17-22/h5-15,17-18H,3-4,16H2,1-2H3,(H,30,35). The Morgan fingerprint density at radius 1 is 1.11 bits per heavy atom. The summed E-state index contributed by atoms with van der Waals surface area (Å²) in [4.78, 5) is 33.7. The Bertz CT molecular complexity index is 1400. The highest BCUT2D eigenvalue weighted by Gasteiger charge is 2.27. The monoisotopic (exact) mass is 552 g/mol. The van der Waals surface area contributed by atoms with Gasteiger partial charge in [0.05, 0.1) is 22.6 Å². The fourth-order valence-electron chi connectivity index (χ4n) is 3.96. The summed E-state index contributed by atoms with van der Waals surface area (Å²) in [6.07, 6.45) is 1.73. The fraction of sp³-hybridized carbons (Fsp3) is 0.222. The lowest BCUT2D eigenvalue weighted by atomic mass is 10.1. The van der Waals surface area contributed by atoms with E-state index in [0.29, 0.717) is 39.7 Å². The van der Waals surface area contributed by atoms with E-state index in [0.717, 1.165) is 17.3 Å². The molecule has 1 unspecified atom stereocenters. The number of fused-ring (bicyclic) bond motifs is 1. The first-order chi connectivity index (χ1) is 16.9. The molecule has 0 aliphatic heterocycles. The molecule has 0 spiro atoms. The van der Waals surface area contributed by atoms with Crippen LogP contribution >= 0.6 is 27.5 Å². The van der Waals surface area contributed by atoms with Crippen LogP contribution in [0.3, 0.4) is 0 Å². The van der Waals surface area contributed by atoms with Crippen LogP contribution in [0, 0.1) is 0 Å². The zero-order valence-corrected chi connectivity index (χ0v) is 21.9. The third-order valence-electron chi connectivity index (χ3n) is 5.82. The van der Waals surface area contributed by atoms with E-state index < -0.39 is 6.04 Å². The molecule has 0 fully saturated rings. The summed E-state index contributed by atoms with van der Waals surface area (Å²) in [7, 11) is 0. The number of nitrogens with zero attached hydrogens (tertiary/aromatic N) is 3. The normalized spacial score (nSPS) is 11.9. The van der Waals surface area contributed by atoms with Crippen molar-refractivity contribution in [2.75, 3.05) is 11.9 Å². The summed E-state index contributed by atoms with van der Waals surface area (Å²) in [6, 6.07) is 21.0. The van der Waals surface area contributed by atoms with E-state index in [9.17, 15) is 9.59 Å². The van der Waals surface area contributed by atoms with Gasteiger partial charge >= 0.3 is 6.03 Å².